The number of hydrogen-bond donors (Lipinski definition) is 2. The molecule has 0 aliphatic carbocycles. The molecule has 4 rings (SSSR count). The van der Waals surface area contributed by atoms with Crippen molar-refractivity contribution in [3.05, 3.63) is 76.0 Å². The summed E-state index contributed by atoms with van der Waals surface area (Å²) in [5, 5.41) is 13.5. The minimum atomic E-state index is -3.46. The monoisotopic (exact) mass is 540 g/mol. The van der Waals surface area contributed by atoms with Gasteiger partial charge in [-0.1, -0.05) is 12.1 Å². The molecule has 2 aromatic heterocycles. The Morgan fingerprint density at radius 3 is 2.43 bits per heavy atom. The highest BCUT2D eigenvalue weighted by molar-refractivity contribution is 7.92. The van der Waals surface area contributed by atoms with Crippen LogP contribution in [0.2, 0.25) is 0 Å². The summed E-state index contributed by atoms with van der Waals surface area (Å²) < 4.78 is 30.9. The van der Waals surface area contributed by atoms with Gasteiger partial charge < -0.3 is 19.7 Å². The zero-order valence-electron chi connectivity index (χ0n) is 20.9. The van der Waals surface area contributed by atoms with E-state index in [0.717, 1.165) is 4.88 Å². The Kier molecular flexibility index (Phi) is 7.67. The standard InChI is InChI=1S/C26H28N4O5S2/c1-29(2)13-14-30(37(4,33)34)19-10-8-18(9-11-19)27-24(22-6-5-15-36-22)23-20-12-7-17(26(32)35-3)16-21(20)28-25(23)31/h5-12,15-16,28,31H,13-14H2,1-4H3. The van der Waals surface area contributed by atoms with Crippen LogP contribution in [0, 0.1) is 0 Å². The molecule has 0 aliphatic rings. The van der Waals surface area contributed by atoms with E-state index < -0.39 is 16.0 Å². The Morgan fingerprint density at radius 1 is 1.11 bits per heavy atom. The number of anilines is 1. The van der Waals surface area contributed by atoms with Crippen molar-refractivity contribution in [2.45, 2.75) is 0 Å². The second-order valence-electron chi connectivity index (χ2n) is 8.69. The summed E-state index contributed by atoms with van der Waals surface area (Å²) >= 11 is 1.48. The number of H-pyrrole nitrogens is 1. The summed E-state index contributed by atoms with van der Waals surface area (Å²) in [4.78, 5) is 22.5. The zero-order valence-corrected chi connectivity index (χ0v) is 22.6. The van der Waals surface area contributed by atoms with Gasteiger partial charge in [0.25, 0.3) is 0 Å². The Labute approximate surface area is 219 Å². The van der Waals surface area contributed by atoms with Gasteiger partial charge in [-0.3, -0.25) is 4.31 Å². The van der Waals surface area contributed by atoms with Crippen LogP contribution in [-0.4, -0.2) is 75.6 Å². The Balaban J connectivity index is 1.77. The Hall–Kier alpha value is -3.67. The van der Waals surface area contributed by atoms with Gasteiger partial charge in [0.05, 0.1) is 46.5 Å². The molecule has 2 aromatic carbocycles. The predicted molar refractivity (Wildman–Crippen MR) is 148 cm³/mol. The number of sulfonamides is 1. The second kappa shape index (κ2) is 10.8. The summed E-state index contributed by atoms with van der Waals surface area (Å²) in [5.41, 5.74) is 3.11. The number of aromatic nitrogens is 1. The molecule has 194 valence electrons. The van der Waals surface area contributed by atoms with E-state index in [4.69, 9.17) is 9.73 Å². The molecular weight excluding hydrogens is 512 g/mol. The molecule has 0 radical (unpaired) electrons. The lowest BCUT2D eigenvalue weighted by Crippen LogP contribution is -2.35. The predicted octanol–water partition coefficient (Wildman–Crippen LogP) is 4.22. The fraction of sp³-hybridized carbons (Fsp3) is 0.231. The van der Waals surface area contributed by atoms with Crippen molar-refractivity contribution in [2.75, 3.05) is 44.9 Å². The van der Waals surface area contributed by atoms with Crippen LogP contribution < -0.4 is 4.31 Å². The minimum Gasteiger partial charge on any atom is -0.494 e. The number of benzene rings is 2. The highest BCUT2D eigenvalue weighted by Crippen LogP contribution is 2.33. The first kappa shape index (κ1) is 26.4. The van der Waals surface area contributed by atoms with Gasteiger partial charge in [0.15, 0.2) is 5.88 Å². The lowest BCUT2D eigenvalue weighted by atomic mass is 10.0. The maximum Gasteiger partial charge on any atom is 0.337 e. The van der Waals surface area contributed by atoms with Crippen LogP contribution in [0.3, 0.4) is 0 Å². The summed E-state index contributed by atoms with van der Waals surface area (Å²) in [6.45, 7) is 0.901. The SMILES string of the molecule is COC(=O)c1ccc2c(C(=Nc3ccc(N(CCN(C)C)S(C)(=O)=O)cc3)c3cccs3)c(O)[nH]c2c1. The van der Waals surface area contributed by atoms with E-state index in [1.165, 1.54) is 29.0 Å². The molecule has 0 aliphatic heterocycles. The summed E-state index contributed by atoms with van der Waals surface area (Å²) in [6, 6.07) is 15.8. The molecule has 0 saturated heterocycles. The smallest absolute Gasteiger partial charge is 0.337 e. The van der Waals surface area contributed by atoms with Crippen molar-refractivity contribution in [3.63, 3.8) is 0 Å². The molecule has 11 heteroatoms. The number of rotatable bonds is 9. The van der Waals surface area contributed by atoms with E-state index in [2.05, 4.69) is 4.98 Å². The molecule has 9 nitrogen and oxygen atoms in total. The number of aliphatic imine (C=N–C) groups is 1. The van der Waals surface area contributed by atoms with Gasteiger partial charge in [0.2, 0.25) is 10.0 Å². The van der Waals surface area contributed by atoms with E-state index in [0.29, 0.717) is 52.2 Å². The van der Waals surface area contributed by atoms with E-state index in [1.807, 2.05) is 36.5 Å². The van der Waals surface area contributed by atoms with Gasteiger partial charge in [0, 0.05) is 24.0 Å². The average molecular weight is 541 g/mol. The van der Waals surface area contributed by atoms with Gasteiger partial charge in [0.1, 0.15) is 0 Å². The van der Waals surface area contributed by atoms with Crippen molar-refractivity contribution in [1.82, 2.24) is 9.88 Å². The third-order valence-corrected chi connectivity index (χ3v) is 7.79. The van der Waals surface area contributed by atoms with Gasteiger partial charge in [-0.05, 0) is 61.9 Å². The van der Waals surface area contributed by atoms with Crippen molar-refractivity contribution < 1.29 is 23.1 Å². The molecule has 2 N–H and O–H groups in total. The topological polar surface area (TPSA) is 115 Å². The molecule has 37 heavy (non-hydrogen) atoms. The van der Waals surface area contributed by atoms with Gasteiger partial charge in [-0.2, -0.15) is 0 Å². The molecule has 0 fully saturated rings. The largest absolute Gasteiger partial charge is 0.494 e. The van der Waals surface area contributed by atoms with Crippen LogP contribution in [-0.2, 0) is 14.8 Å². The summed E-state index contributed by atoms with van der Waals surface area (Å²) in [7, 11) is 1.63. The molecule has 0 amide bonds. The number of nitrogens with one attached hydrogen (secondary N) is 1. The minimum absolute atomic E-state index is 0.0762. The number of aromatic hydroxyl groups is 1. The molecule has 0 spiro atoms. The highest BCUT2D eigenvalue weighted by atomic mass is 32.2. The van der Waals surface area contributed by atoms with Crippen molar-refractivity contribution in [3.8, 4) is 5.88 Å². The maximum absolute atomic E-state index is 12.4. The number of likely N-dealkylation sites (N-methyl/N-ethyl adjacent to an activating group) is 1. The average Bonchev–Trinajstić information content (AvgIpc) is 3.49. The van der Waals surface area contributed by atoms with Crippen LogP contribution in [0.1, 0.15) is 20.8 Å². The van der Waals surface area contributed by atoms with Crippen LogP contribution in [0.4, 0.5) is 11.4 Å². The van der Waals surface area contributed by atoms with E-state index in [9.17, 15) is 18.3 Å². The molecule has 4 aromatic rings. The first-order valence-electron chi connectivity index (χ1n) is 11.4. The highest BCUT2D eigenvalue weighted by Gasteiger charge is 2.21. The molecule has 0 atom stereocenters. The third kappa shape index (κ3) is 5.85. The number of fused-ring (bicyclic) bond motifs is 1. The third-order valence-electron chi connectivity index (χ3n) is 5.72. The van der Waals surface area contributed by atoms with Crippen molar-refractivity contribution in [2.24, 2.45) is 4.99 Å². The number of esters is 1. The van der Waals surface area contributed by atoms with Crippen molar-refractivity contribution >= 4 is 55.3 Å². The number of carbonyl (C=O) groups is 1. The first-order chi connectivity index (χ1) is 17.6. The van der Waals surface area contributed by atoms with Crippen LogP contribution in [0.25, 0.3) is 10.9 Å². The number of hydrogen-bond acceptors (Lipinski definition) is 8. The van der Waals surface area contributed by atoms with Crippen molar-refractivity contribution in [1.29, 1.82) is 0 Å². The van der Waals surface area contributed by atoms with Crippen LogP contribution >= 0.6 is 11.3 Å². The molecule has 2 heterocycles. The zero-order chi connectivity index (χ0) is 26.7. The number of thiophene rings is 1. The summed E-state index contributed by atoms with van der Waals surface area (Å²) in [5.74, 6) is -0.550. The molecular formula is C26H28N4O5S2. The quantitative estimate of drug-likeness (QED) is 0.243. The fourth-order valence-corrected chi connectivity index (χ4v) is 5.55. The van der Waals surface area contributed by atoms with Crippen LogP contribution in [0.5, 0.6) is 5.88 Å². The second-order valence-corrected chi connectivity index (χ2v) is 11.5. The number of methoxy groups -OCH3 is 1. The van der Waals surface area contributed by atoms with Gasteiger partial charge in [-0.15, -0.1) is 11.3 Å². The Morgan fingerprint density at radius 2 is 1.84 bits per heavy atom. The van der Waals surface area contributed by atoms with Gasteiger partial charge >= 0.3 is 5.97 Å². The van der Waals surface area contributed by atoms with Gasteiger partial charge in [-0.25, -0.2) is 18.2 Å². The van der Waals surface area contributed by atoms with E-state index >= 15 is 0 Å². The lowest BCUT2D eigenvalue weighted by Gasteiger charge is -2.24. The number of ether oxygens (including phenoxy) is 1. The fourth-order valence-electron chi connectivity index (χ4n) is 3.92. The molecule has 0 bridgehead atoms. The van der Waals surface area contributed by atoms with E-state index in [1.54, 1.807) is 42.5 Å². The molecule has 0 unspecified atom stereocenters. The van der Waals surface area contributed by atoms with Crippen LogP contribution in [0.15, 0.2) is 65.0 Å². The number of aromatic amines is 1. The van der Waals surface area contributed by atoms with E-state index in [-0.39, 0.29) is 5.88 Å². The lowest BCUT2D eigenvalue weighted by molar-refractivity contribution is 0.0601. The Bertz CT molecular complexity index is 1540. The number of carbonyl (C=O) groups excluding carboxylic acids is 1. The maximum atomic E-state index is 12.4. The first-order valence-corrected chi connectivity index (χ1v) is 14.1. The molecule has 0 saturated carbocycles. The number of nitrogens with zero attached hydrogens (tertiary/aromatic N) is 3. The normalized spacial score (nSPS) is 12.3. The summed E-state index contributed by atoms with van der Waals surface area (Å²) in [6.07, 6.45) is 1.19.